The van der Waals surface area contributed by atoms with Gasteiger partial charge >= 0.3 is 0 Å². The van der Waals surface area contributed by atoms with Crippen LogP contribution in [0.25, 0.3) is 55.7 Å². The molecule has 3 heteroatoms. The molecule has 0 aliphatic rings. The lowest BCUT2D eigenvalue weighted by Gasteiger charge is -2.09. The predicted molar refractivity (Wildman–Crippen MR) is 130 cm³/mol. The predicted octanol–water partition coefficient (Wildman–Crippen LogP) is 7.69. The summed E-state index contributed by atoms with van der Waals surface area (Å²) in [4.78, 5) is 9.63. The van der Waals surface area contributed by atoms with E-state index < -0.39 is 0 Å². The van der Waals surface area contributed by atoms with Crippen LogP contribution in [0.3, 0.4) is 0 Å². The van der Waals surface area contributed by atoms with Crippen LogP contribution in [-0.2, 0) is 0 Å². The summed E-state index contributed by atoms with van der Waals surface area (Å²) in [6.07, 6.45) is 0. The highest BCUT2D eigenvalue weighted by Gasteiger charge is 2.12. The van der Waals surface area contributed by atoms with Gasteiger partial charge in [0.1, 0.15) is 11.2 Å². The molecule has 152 valence electrons. The number of hydrogen-bond donors (Lipinski definition) is 0. The molecule has 0 spiro atoms. The van der Waals surface area contributed by atoms with Crippen molar-refractivity contribution in [2.24, 2.45) is 0 Å². The van der Waals surface area contributed by atoms with Crippen molar-refractivity contribution < 1.29 is 4.42 Å². The maximum absolute atomic E-state index is 6.07. The number of para-hydroxylation sites is 1. The van der Waals surface area contributed by atoms with Gasteiger partial charge in [-0.15, -0.1) is 0 Å². The van der Waals surface area contributed by atoms with Crippen molar-refractivity contribution >= 4 is 21.9 Å². The summed E-state index contributed by atoms with van der Waals surface area (Å²) in [5.41, 5.74) is 7.96. The Morgan fingerprint density at radius 1 is 0.531 bits per heavy atom. The fourth-order valence-corrected chi connectivity index (χ4v) is 4.20. The van der Waals surface area contributed by atoms with Crippen LogP contribution in [-0.4, -0.2) is 9.97 Å². The first kappa shape index (κ1) is 18.5. The normalized spacial score (nSPS) is 11.3. The Bertz CT molecular complexity index is 1580. The molecule has 0 aliphatic heterocycles. The van der Waals surface area contributed by atoms with E-state index in [1.165, 1.54) is 11.1 Å². The topological polar surface area (TPSA) is 38.9 Å². The number of aromatic nitrogens is 2. The minimum absolute atomic E-state index is 0.701. The Morgan fingerprint density at radius 2 is 1.28 bits per heavy atom. The number of rotatable bonds is 3. The van der Waals surface area contributed by atoms with Gasteiger partial charge in [-0.3, -0.25) is 0 Å². The van der Waals surface area contributed by atoms with Crippen LogP contribution in [0, 0.1) is 6.92 Å². The molecule has 32 heavy (non-hydrogen) atoms. The van der Waals surface area contributed by atoms with Crippen molar-refractivity contribution in [1.82, 2.24) is 9.97 Å². The summed E-state index contributed by atoms with van der Waals surface area (Å²) in [6, 6.07) is 35.2. The van der Waals surface area contributed by atoms with E-state index in [0.717, 1.165) is 44.5 Å². The summed E-state index contributed by atoms with van der Waals surface area (Å²) in [5, 5.41) is 2.23. The number of hydrogen-bond acceptors (Lipinski definition) is 3. The maximum atomic E-state index is 6.07. The molecule has 3 nitrogen and oxygen atoms in total. The van der Waals surface area contributed by atoms with E-state index in [1.54, 1.807) is 0 Å². The molecule has 0 amide bonds. The van der Waals surface area contributed by atoms with E-state index in [4.69, 9.17) is 14.4 Å². The van der Waals surface area contributed by atoms with Crippen LogP contribution in [0.5, 0.6) is 0 Å². The van der Waals surface area contributed by atoms with Gasteiger partial charge < -0.3 is 4.42 Å². The molecule has 0 unspecified atom stereocenters. The molecular formula is C29H20N2O. The van der Waals surface area contributed by atoms with Gasteiger partial charge in [-0.2, -0.15) is 0 Å². The number of benzene rings is 4. The first-order chi connectivity index (χ1) is 15.7. The van der Waals surface area contributed by atoms with Gasteiger partial charge in [0, 0.05) is 27.6 Å². The second-order valence-corrected chi connectivity index (χ2v) is 7.97. The van der Waals surface area contributed by atoms with E-state index in [0.29, 0.717) is 5.82 Å². The Hall–Kier alpha value is -4.24. The molecule has 6 aromatic rings. The van der Waals surface area contributed by atoms with Gasteiger partial charge in [0.25, 0.3) is 0 Å². The first-order valence-electron chi connectivity index (χ1n) is 10.7. The largest absolute Gasteiger partial charge is 0.456 e. The minimum Gasteiger partial charge on any atom is -0.456 e. The quantitative estimate of drug-likeness (QED) is 0.299. The SMILES string of the molecule is Cc1cc(-c2cccc(-c3ccccc3)c2)nc(-c2ccc3c(c2)oc2ccccc23)n1. The average molecular weight is 412 g/mol. The number of aryl methyl sites for hydroxylation is 1. The van der Waals surface area contributed by atoms with E-state index in [1.807, 2.05) is 43.3 Å². The van der Waals surface area contributed by atoms with E-state index >= 15 is 0 Å². The third kappa shape index (κ3) is 3.25. The molecule has 0 bridgehead atoms. The van der Waals surface area contributed by atoms with E-state index in [9.17, 15) is 0 Å². The van der Waals surface area contributed by atoms with Gasteiger partial charge in [0.05, 0.1) is 5.69 Å². The van der Waals surface area contributed by atoms with Gasteiger partial charge in [-0.25, -0.2) is 9.97 Å². The molecule has 0 N–H and O–H groups in total. The van der Waals surface area contributed by atoms with Crippen LogP contribution in [0.15, 0.2) is 108 Å². The zero-order chi connectivity index (χ0) is 21.5. The molecule has 0 fully saturated rings. The lowest BCUT2D eigenvalue weighted by Crippen LogP contribution is -1.95. The van der Waals surface area contributed by atoms with Crippen molar-refractivity contribution in [2.45, 2.75) is 6.92 Å². The van der Waals surface area contributed by atoms with Gasteiger partial charge in [0.2, 0.25) is 0 Å². The highest BCUT2D eigenvalue weighted by atomic mass is 16.3. The van der Waals surface area contributed by atoms with Gasteiger partial charge in [-0.1, -0.05) is 72.8 Å². The van der Waals surface area contributed by atoms with Crippen molar-refractivity contribution in [1.29, 1.82) is 0 Å². The average Bonchev–Trinajstić information content (AvgIpc) is 3.22. The summed E-state index contributed by atoms with van der Waals surface area (Å²) in [5.74, 6) is 0.701. The maximum Gasteiger partial charge on any atom is 0.160 e. The molecule has 0 radical (unpaired) electrons. The Kier molecular flexibility index (Phi) is 4.32. The summed E-state index contributed by atoms with van der Waals surface area (Å²) >= 11 is 0. The zero-order valence-corrected chi connectivity index (χ0v) is 17.6. The van der Waals surface area contributed by atoms with Crippen LogP contribution in [0.2, 0.25) is 0 Å². The molecule has 2 heterocycles. The van der Waals surface area contributed by atoms with Gasteiger partial charge in [-0.05, 0) is 48.4 Å². The zero-order valence-electron chi connectivity index (χ0n) is 17.6. The third-order valence-electron chi connectivity index (χ3n) is 5.76. The lowest BCUT2D eigenvalue weighted by molar-refractivity contribution is 0.669. The van der Waals surface area contributed by atoms with Crippen molar-refractivity contribution in [3.05, 3.63) is 109 Å². The molecule has 0 saturated carbocycles. The fourth-order valence-electron chi connectivity index (χ4n) is 4.20. The monoisotopic (exact) mass is 412 g/mol. The number of nitrogens with zero attached hydrogens (tertiary/aromatic N) is 2. The molecule has 0 saturated heterocycles. The van der Waals surface area contributed by atoms with E-state index in [-0.39, 0.29) is 0 Å². The lowest BCUT2D eigenvalue weighted by atomic mass is 10.0. The Balaban J connectivity index is 1.45. The van der Waals surface area contributed by atoms with Crippen molar-refractivity contribution in [3.8, 4) is 33.8 Å². The highest BCUT2D eigenvalue weighted by molar-refractivity contribution is 6.05. The standard InChI is InChI=1S/C29H20N2O/c1-19-16-26(22-11-7-10-21(17-22)20-8-3-2-4-9-20)31-29(30-19)23-14-15-25-24-12-5-6-13-27(24)32-28(25)18-23/h2-18H,1H3. The van der Waals surface area contributed by atoms with Gasteiger partial charge in [0.15, 0.2) is 5.82 Å². The third-order valence-corrected chi connectivity index (χ3v) is 5.76. The minimum atomic E-state index is 0.701. The summed E-state index contributed by atoms with van der Waals surface area (Å²) in [6.45, 7) is 2.01. The first-order valence-corrected chi connectivity index (χ1v) is 10.7. The molecule has 0 atom stereocenters. The molecule has 0 aliphatic carbocycles. The van der Waals surface area contributed by atoms with E-state index in [2.05, 4.69) is 66.7 Å². The van der Waals surface area contributed by atoms with Crippen LogP contribution < -0.4 is 0 Å². The molecule has 4 aromatic carbocycles. The molecule has 6 rings (SSSR count). The highest BCUT2D eigenvalue weighted by Crippen LogP contribution is 2.32. The Labute approximate surface area is 186 Å². The van der Waals surface area contributed by atoms with Crippen LogP contribution in [0.4, 0.5) is 0 Å². The number of fused-ring (bicyclic) bond motifs is 3. The summed E-state index contributed by atoms with van der Waals surface area (Å²) < 4.78 is 6.07. The molecular weight excluding hydrogens is 392 g/mol. The smallest absolute Gasteiger partial charge is 0.160 e. The second-order valence-electron chi connectivity index (χ2n) is 7.97. The van der Waals surface area contributed by atoms with Crippen molar-refractivity contribution in [2.75, 3.05) is 0 Å². The van der Waals surface area contributed by atoms with Crippen LogP contribution >= 0.6 is 0 Å². The fraction of sp³-hybridized carbons (Fsp3) is 0.0345. The second kappa shape index (κ2) is 7.47. The molecule has 2 aromatic heterocycles. The van der Waals surface area contributed by atoms with Crippen molar-refractivity contribution in [3.63, 3.8) is 0 Å². The summed E-state index contributed by atoms with van der Waals surface area (Å²) in [7, 11) is 0. The Morgan fingerprint density at radius 3 is 2.19 bits per heavy atom. The van der Waals surface area contributed by atoms with Crippen LogP contribution in [0.1, 0.15) is 5.69 Å². The number of furan rings is 1.